The molecule has 168 valence electrons. The average molecular weight is 408 g/mol. The molecule has 4 heteroatoms. The van der Waals surface area contributed by atoms with E-state index >= 15 is 0 Å². The number of nitrogen functional groups attached to an aromatic ring is 1. The number of carboxylic acid groups (broad SMARTS) is 1. The van der Waals surface area contributed by atoms with E-state index in [9.17, 15) is 4.79 Å². The molecule has 4 nitrogen and oxygen atoms in total. The summed E-state index contributed by atoms with van der Waals surface area (Å²) in [5.74, 6) is -0.980. The summed E-state index contributed by atoms with van der Waals surface area (Å²) in [6.45, 7) is 4.48. The maximum atomic E-state index is 10.5. The first-order valence-electron chi connectivity index (χ1n) is 11.7. The Morgan fingerprint density at radius 3 is 1.55 bits per heavy atom. The van der Waals surface area contributed by atoms with Gasteiger partial charge in [0, 0.05) is 12.3 Å². The standard InChI is InChI=1S/C17H36O.C8H9NO2/c1-2-3-4-5-6-7-8-9-10-11-12-13-14-15-16-17-18;1-5-2-3-7(9)6(4-5)8(10)11/h18H,2-17H2,1H3;2-4H,9H2,1H3,(H,10,11). The van der Waals surface area contributed by atoms with Crippen LogP contribution in [-0.4, -0.2) is 22.8 Å². The van der Waals surface area contributed by atoms with Crippen LogP contribution in [0.5, 0.6) is 0 Å². The number of rotatable bonds is 16. The second-order valence-electron chi connectivity index (χ2n) is 8.07. The quantitative estimate of drug-likeness (QED) is 0.201. The number of aryl methyl sites for hydroxylation is 1. The molecule has 0 fully saturated rings. The first-order valence-corrected chi connectivity index (χ1v) is 11.7. The fourth-order valence-corrected chi connectivity index (χ4v) is 3.34. The van der Waals surface area contributed by atoms with Gasteiger partial charge in [-0.25, -0.2) is 4.79 Å². The number of carbonyl (C=O) groups is 1. The van der Waals surface area contributed by atoms with Gasteiger partial charge in [-0.05, 0) is 25.5 Å². The van der Waals surface area contributed by atoms with Gasteiger partial charge < -0.3 is 15.9 Å². The molecular formula is C25H45NO3. The van der Waals surface area contributed by atoms with Gasteiger partial charge in [0.25, 0.3) is 0 Å². The van der Waals surface area contributed by atoms with Gasteiger partial charge in [-0.2, -0.15) is 0 Å². The molecule has 1 rings (SSSR count). The van der Waals surface area contributed by atoms with Crippen LogP contribution in [0.25, 0.3) is 0 Å². The minimum atomic E-state index is -0.980. The lowest BCUT2D eigenvalue weighted by molar-refractivity contribution is 0.0698. The van der Waals surface area contributed by atoms with Crippen LogP contribution in [-0.2, 0) is 0 Å². The molecule has 0 spiro atoms. The van der Waals surface area contributed by atoms with Crippen molar-refractivity contribution >= 4 is 11.7 Å². The lowest BCUT2D eigenvalue weighted by Gasteiger charge is -2.02. The van der Waals surface area contributed by atoms with Crippen LogP contribution in [0.3, 0.4) is 0 Å². The number of carboxylic acids is 1. The van der Waals surface area contributed by atoms with Crippen molar-refractivity contribution in [3.05, 3.63) is 29.3 Å². The molecule has 0 radical (unpaired) electrons. The smallest absolute Gasteiger partial charge is 0.337 e. The van der Waals surface area contributed by atoms with E-state index in [1.165, 1.54) is 89.9 Å². The highest BCUT2D eigenvalue weighted by Crippen LogP contribution is 2.14. The molecule has 0 heterocycles. The Kier molecular flexibility index (Phi) is 18.7. The van der Waals surface area contributed by atoms with E-state index in [0.717, 1.165) is 12.0 Å². The normalized spacial score (nSPS) is 10.4. The van der Waals surface area contributed by atoms with Gasteiger partial charge in [0.15, 0.2) is 0 Å². The Morgan fingerprint density at radius 1 is 0.793 bits per heavy atom. The van der Waals surface area contributed by atoms with Crippen molar-refractivity contribution in [3.8, 4) is 0 Å². The summed E-state index contributed by atoms with van der Waals surface area (Å²) in [6, 6.07) is 4.93. The lowest BCUT2D eigenvalue weighted by Crippen LogP contribution is -2.02. The molecule has 1 aromatic rings. The summed E-state index contributed by atoms with van der Waals surface area (Å²) in [7, 11) is 0. The number of unbranched alkanes of at least 4 members (excludes halogenated alkanes) is 14. The maximum absolute atomic E-state index is 10.5. The topological polar surface area (TPSA) is 83.5 Å². The molecule has 0 bridgehead atoms. The molecule has 4 N–H and O–H groups in total. The van der Waals surface area contributed by atoms with E-state index in [-0.39, 0.29) is 5.56 Å². The molecule has 0 amide bonds. The van der Waals surface area contributed by atoms with E-state index in [1.807, 2.05) is 6.92 Å². The summed E-state index contributed by atoms with van der Waals surface area (Å²) in [4.78, 5) is 10.5. The van der Waals surface area contributed by atoms with Crippen LogP contribution in [0.1, 0.15) is 119 Å². The van der Waals surface area contributed by atoms with E-state index < -0.39 is 5.97 Å². The average Bonchev–Trinajstić information content (AvgIpc) is 2.70. The Labute approximate surface area is 178 Å². The molecule has 0 aliphatic carbocycles. The Bertz CT molecular complexity index is 501. The zero-order chi connectivity index (χ0) is 21.7. The number of aromatic carboxylic acids is 1. The molecule has 1 aromatic carbocycles. The highest BCUT2D eigenvalue weighted by Gasteiger charge is 2.06. The van der Waals surface area contributed by atoms with Gasteiger partial charge in [0.2, 0.25) is 0 Å². The monoisotopic (exact) mass is 407 g/mol. The Balaban J connectivity index is 0.000000604. The molecule has 0 aromatic heterocycles. The van der Waals surface area contributed by atoms with Crippen molar-refractivity contribution in [2.45, 2.75) is 110 Å². The molecule has 0 atom stereocenters. The van der Waals surface area contributed by atoms with E-state index in [2.05, 4.69) is 6.92 Å². The number of hydrogen-bond donors (Lipinski definition) is 3. The SMILES string of the molecule is CCCCCCCCCCCCCCCCCO.Cc1ccc(N)c(C(=O)O)c1. The molecule has 0 saturated carbocycles. The largest absolute Gasteiger partial charge is 0.478 e. The van der Waals surface area contributed by atoms with Crippen LogP contribution in [0, 0.1) is 6.92 Å². The van der Waals surface area contributed by atoms with Crippen molar-refractivity contribution in [1.82, 2.24) is 0 Å². The van der Waals surface area contributed by atoms with Gasteiger partial charge in [0.1, 0.15) is 0 Å². The van der Waals surface area contributed by atoms with Crippen molar-refractivity contribution < 1.29 is 15.0 Å². The summed E-state index contributed by atoms with van der Waals surface area (Å²) in [5.41, 5.74) is 6.79. The van der Waals surface area contributed by atoms with E-state index in [1.54, 1.807) is 18.2 Å². The van der Waals surface area contributed by atoms with Gasteiger partial charge in [-0.3, -0.25) is 0 Å². The number of nitrogens with two attached hydrogens (primary N) is 1. The predicted octanol–water partition coefficient (Wildman–Crippen LogP) is 7.13. The first-order chi connectivity index (χ1) is 14.0. The summed E-state index contributed by atoms with van der Waals surface area (Å²) >= 11 is 0. The third-order valence-electron chi connectivity index (χ3n) is 5.20. The summed E-state index contributed by atoms with van der Waals surface area (Å²) < 4.78 is 0. The first kappa shape index (κ1) is 27.5. The highest BCUT2D eigenvalue weighted by molar-refractivity contribution is 5.93. The van der Waals surface area contributed by atoms with Crippen LogP contribution in [0.4, 0.5) is 5.69 Å². The van der Waals surface area contributed by atoms with Crippen molar-refractivity contribution in [3.63, 3.8) is 0 Å². The maximum Gasteiger partial charge on any atom is 0.337 e. The van der Waals surface area contributed by atoms with Crippen LogP contribution < -0.4 is 5.73 Å². The second-order valence-corrected chi connectivity index (χ2v) is 8.07. The molecule has 0 saturated heterocycles. The van der Waals surface area contributed by atoms with Gasteiger partial charge in [0.05, 0.1) is 5.56 Å². The minimum Gasteiger partial charge on any atom is -0.478 e. The minimum absolute atomic E-state index is 0.171. The number of aliphatic hydroxyl groups is 1. The number of hydrogen-bond acceptors (Lipinski definition) is 3. The fraction of sp³-hybridized carbons (Fsp3) is 0.720. The molecule has 0 aliphatic rings. The van der Waals surface area contributed by atoms with E-state index in [4.69, 9.17) is 15.9 Å². The zero-order valence-electron chi connectivity index (χ0n) is 18.9. The molecular weight excluding hydrogens is 362 g/mol. The van der Waals surface area contributed by atoms with Crippen molar-refractivity contribution in [2.75, 3.05) is 12.3 Å². The number of aliphatic hydroxyl groups excluding tert-OH is 1. The third kappa shape index (κ3) is 17.1. The van der Waals surface area contributed by atoms with Crippen LogP contribution in [0.15, 0.2) is 18.2 Å². The molecule has 0 unspecified atom stereocenters. The Hall–Kier alpha value is -1.55. The fourth-order valence-electron chi connectivity index (χ4n) is 3.34. The van der Waals surface area contributed by atoms with Gasteiger partial charge >= 0.3 is 5.97 Å². The van der Waals surface area contributed by atoms with Crippen molar-refractivity contribution in [1.29, 1.82) is 0 Å². The molecule has 0 aliphatic heterocycles. The van der Waals surface area contributed by atoms with E-state index in [0.29, 0.717) is 12.3 Å². The van der Waals surface area contributed by atoms with Crippen molar-refractivity contribution in [2.24, 2.45) is 0 Å². The molecule has 29 heavy (non-hydrogen) atoms. The van der Waals surface area contributed by atoms with Crippen LogP contribution in [0.2, 0.25) is 0 Å². The van der Waals surface area contributed by atoms with Gasteiger partial charge in [-0.15, -0.1) is 0 Å². The number of benzene rings is 1. The summed E-state index contributed by atoms with van der Waals surface area (Å²) in [6.07, 6.45) is 20.7. The lowest BCUT2D eigenvalue weighted by atomic mass is 10.0. The predicted molar refractivity (Wildman–Crippen MR) is 125 cm³/mol. The zero-order valence-corrected chi connectivity index (χ0v) is 18.9. The summed E-state index contributed by atoms with van der Waals surface area (Å²) in [5, 5.41) is 17.3. The highest BCUT2D eigenvalue weighted by atomic mass is 16.4. The Morgan fingerprint density at radius 2 is 1.21 bits per heavy atom. The number of anilines is 1. The third-order valence-corrected chi connectivity index (χ3v) is 5.20. The van der Waals surface area contributed by atoms with Crippen LogP contribution >= 0.6 is 0 Å². The van der Waals surface area contributed by atoms with Gasteiger partial charge in [-0.1, -0.05) is 108 Å². The second kappa shape index (κ2) is 19.8.